The number of rotatable bonds is 6. The normalized spacial score (nSPS) is 14.8. The fourth-order valence-electron chi connectivity index (χ4n) is 3.99. The molecule has 2 aromatic heterocycles. The van der Waals surface area contributed by atoms with Gasteiger partial charge in [-0.15, -0.1) is 0 Å². The molecule has 164 valence electrons. The van der Waals surface area contributed by atoms with Gasteiger partial charge >= 0.3 is 0 Å². The molecule has 0 bridgehead atoms. The Morgan fingerprint density at radius 2 is 1.81 bits per heavy atom. The van der Waals surface area contributed by atoms with E-state index >= 15 is 0 Å². The molecule has 0 saturated carbocycles. The fourth-order valence-corrected chi connectivity index (χ4v) is 5.58. The number of sulfonamides is 1. The van der Waals surface area contributed by atoms with Crippen LogP contribution >= 0.6 is 0 Å². The summed E-state index contributed by atoms with van der Waals surface area (Å²) >= 11 is 0. The lowest BCUT2D eigenvalue weighted by atomic mass is 10.2. The molecule has 0 atom stereocenters. The van der Waals surface area contributed by atoms with Gasteiger partial charge in [-0.2, -0.15) is 9.40 Å². The number of carbonyl (C=O) groups is 1. The number of carbonyl (C=O) groups excluding carboxylic acids is 1. The van der Waals surface area contributed by atoms with Crippen LogP contribution < -0.4 is 5.32 Å². The quantitative estimate of drug-likeness (QED) is 0.637. The molecule has 1 fully saturated rings. The van der Waals surface area contributed by atoms with Crippen LogP contribution in [0, 0.1) is 13.8 Å². The number of nitrogens with one attached hydrogen (secondary N) is 1. The zero-order chi connectivity index (χ0) is 22.2. The first-order valence-corrected chi connectivity index (χ1v) is 11.8. The number of aryl methyl sites for hydroxylation is 2. The molecule has 1 aromatic carbocycles. The molecule has 0 spiro atoms. The third-order valence-corrected chi connectivity index (χ3v) is 7.65. The average molecular weight is 442 g/mol. The van der Waals surface area contributed by atoms with Crippen LogP contribution in [0.15, 0.2) is 47.5 Å². The minimum atomic E-state index is -3.56. The average Bonchev–Trinajstić information content (AvgIpc) is 3.48. The highest BCUT2D eigenvalue weighted by atomic mass is 32.2. The van der Waals surface area contributed by atoms with Crippen LogP contribution in [0.4, 0.5) is 0 Å². The molecule has 8 nitrogen and oxygen atoms in total. The number of benzene rings is 1. The van der Waals surface area contributed by atoms with E-state index in [1.54, 1.807) is 11.6 Å². The van der Waals surface area contributed by atoms with Crippen molar-refractivity contribution in [3.05, 3.63) is 65.2 Å². The van der Waals surface area contributed by atoms with E-state index in [1.807, 2.05) is 48.9 Å². The van der Waals surface area contributed by atoms with Crippen molar-refractivity contribution in [1.29, 1.82) is 0 Å². The monoisotopic (exact) mass is 441 g/mol. The number of nitrogens with zero attached hydrogens (tertiary/aromatic N) is 4. The molecule has 1 amide bonds. The molecule has 4 rings (SSSR count). The molecule has 0 radical (unpaired) electrons. The van der Waals surface area contributed by atoms with Crippen LogP contribution in [-0.4, -0.2) is 46.1 Å². The maximum Gasteiger partial charge on any atom is 0.268 e. The Hall–Kier alpha value is -2.91. The van der Waals surface area contributed by atoms with Gasteiger partial charge in [0.25, 0.3) is 5.91 Å². The van der Waals surface area contributed by atoms with Crippen molar-refractivity contribution in [2.75, 3.05) is 13.1 Å². The van der Waals surface area contributed by atoms with Crippen molar-refractivity contribution < 1.29 is 13.2 Å². The molecule has 0 unspecified atom stereocenters. The number of hydrogen-bond acceptors (Lipinski definition) is 4. The molecule has 1 aliphatic rings. The Bertz CT molecular complexity index is 1210. The van der Waals surface area contributed by atoms with Crippen molar-refractivity contribution in [2.45, 2.75) is 38.1 Å². The molecule has 1 aliphatic heterocycles. The first-order chi connectivity index (χ1) is 14.8. The van der Waals surface area contributed by atoms with Crippen LogP contribution in [0.5, 0.6) is 0 Å². The zero-order valence-electron chi connectivity index (χ0n) is 18.0. The highest BCUT2D eigenvalue weighted by Crippen LogP contribution is 2.23. The third-order valence-electron chi connectivity index (χ3n) is 5.78. The first kappa shape index (κ1) is 21.3. The van der Waals surface area contributed by atoms with Gasteiger partial charge < -0.3 is 9.88 Å². The van der Waals surface area contributed by atoms with E-state index in [9.17, 15) is 13.2 Å². The molecule has 0 aliphatic carbocycles. The summed E-state index contributed by atoms with van der Waals surface area (Å²) in [6, 6.07) is 11.3. The smallest absolute Gasteiger partial charge is 0.268 e. The second-order valence-electron chi connectivity index (χ2n) is 7.86. The second kappa shape index (κ2) is 8.32. The minimum Gasteiger partial charge on any atom is -0.347 e. The fraction of sp³-hybridized carbons (Fsp3) is 0.364. The van der Waals surface area contributed by atoms with Crippen LogP contribution in [0.2, 0.25) is 0 Å². The number of hydrogen-bond donors (Lipinski definition) is 1. The van der Waals surface area contributed by atoms with Crippen LogP contribution in [0.1, 0.15) is 40.3 Å². The van der Waals surface area contributed by atoms with E-state index < -0.39 is 10.0 Å². The van der Waals surface area contributed by atoms with E-state index in [0.717, 1.165) is 35.5 Å². The summed E-state index contributed by atoms with van der Waals surface area (Å²) in [5.74, 6) is -0.323. The molecular formula is C22H27N5O3S. The summed E-state index contributed by atoms with van der Waals surface area (Å²) in [5, 5.41) is 7.52. The van der Waals surface area contributed by atoms with Gasteiger partial charge in [-0.3, -0.25) is 4.79 Å². The van der Waals surface area contributed by atoms with Gasteiger partial charge in [-0.05, 0) is 44.9 Å². The van der Waals surface area contributed by atoms with Crippen LogP contribution in [0.25, 0.3) is 5.69 Å². The zero-order valence-corrected chi connectivity index (χ0v) is 18.8. The van der Waals surface area contributed by atoms with Crippen LogP contribution in [-0.2, 0) is 23.6 Å². The molecule has 1 saturated heterocycles. The van der Waals surface area contributed by atoms with Gasteiger partial charge in [0, 0.05) is 44.1 Å². The molecular weight excluding hydrogens is 414 g/mol. The molecule has 3 aromatic rings. The lowest BCUT2D eigenvalue weighted by molar-refractivity contribution is 0.0942. The van der Waals surface area contributed by atoms with Gasteiger partial charge in [0.1, 0.15) is 10.6 Å². The van der Waals surface area contributed by atoms with E-state index in [-0.39, 0.29) is 10.8 Å². The Morgan fingerprint density at radius 1 is 1.13 bits per heavy atom. The largest absolute Gasteiger partial charge is 0.347 e. The Balaban J connectivity index is 1.51. The predicted octanol–water partition coefficient (Wildman–Crippen LogP) is 2.54. The van der Waals surface area contributed by atoms with Crippen molar-refractivity contribution in [3.8, 4) is 5.69 Å². The Kier molecular flexibility index (Phi) is 5.72. The lowest BCUT2D eigenvalue weighted by Crippen LogP contribution is -2.27. The number of amides is 1. The summed E-state index contributed by atoms with van der Waals surface area (Å²) in [4.78, 5) is 13.0. The Morgan fingerprint density at radius 3 is 2.48 bits per heavy atom. The number of para-hydroxylation sites is 1. The van der Waals surface area contributed by atoms with Crippen molar-refractivity contribution in [3.63, 3.8) is 0 Å². The topological polar surface area (TPSA) is 89.2 Å². The van der Waals surface area contributed by atoms with Crippen molar-refractivity contribution >= 4 is 15.9 Å². The van der Waals surface area contributed by atoms with Crippen LogP contribution in [0.3, 0.4) is 0 Å². The SMILES string of the molecule is Cc1nn(-c2ccccc2)c(C)c1CNC(=O)c1cc(S(=O)(=O)N2CCCC2)cn1C. The maximum atomic E-state index is 12.8. The van der Waals surface area contributed by atoms with Gasteiger partial charge in [0.15, 0.2) is 0 Å². The highest BCUT2D eigenvalue weighted by molar-refractivity contribution is 7.89. The second-order valence-corrected chi connectivity index (χ2v) is 9.80. The summed E-state index contributed by atoms with van der Waals surface area (Å²) < 4.78 is 30.5. The minimum absolute atomic E-state index is 0.159. The standard InChI is InChI=1S/C22H27N5O3S/c1-16-20(17(2)27(24-16)18-9-5-4-6-10-18)14-23-22(28)21-13-19(15-25(21)3)31(29,30)26-11-7-8-12-26/h4-6,9-10,13,15H,7-8,11-12,14H2,1-3H3,(H,23,28). The van der Waals surface area contributed by atoms with Gasteiger partial charge in [0.2, 0.25) is 10.0 Å². The van der Waals surface area contributed by atoms with E-state index in [1.165, 1.54) is 16.6 Å². The third kappa shape index (κ3) is 4.03. The van der Waals surface area contributed by atoms with Gasteiger partial charge in [0.05, 0.1) is 11.4 Å². The number of aromatic nitrogens is 3. The first-order valence-electron chi connectivity index (χ1n) is 10.3. The lowest BCUT2D eigenvalue weighted by Gasteiger charge is -2.13. The highest BCUT2D eigenvalue weighted by Gasteiger charge is 2.29. The van der Waals surface area contributed by atoms with E-state index in [0.29, 0.717) is 25.3 Å². The summed E-state index contributed by atoms with van der Waals surface area (Å²) in [7, 11) is -1.88. The molecule has 3 heterocycles. The van der Waals surface area contributed by atoms with E-state index in [4.69, 9.17) is 0 Å². The van der Waals surface area contributed by atoms with Crippen molar-refractivity contribution in [2.24, 2.45) is 7.05 Å². The predicted molar refractivity (Wildman–Crippen MR) is 118 cm³/mol. The Labute approximate surface area is 182 Å². The summed E-state index contributed by atoms with van der Waals surface area (Å²) in [6.07, 6.45) is 3.25. The van der Waals surface area contributed by atoms with E-state index in [2.05, 4.69) is 10.4 Å². The molecule has 31 heavy (non-hydrogen) atoms. The summed E-state index contributed by atoms with van der Waals surface area (Å²) in [6.45, 7) is 5.25. The summed E-state index contributed by atoms with van der Waals surface area (Å²) in [5.41, 5.74) is 4.00. The molecule has 1 N–H and O–H groups in total. The van der Waals surface area contributed by atoms with Gasteiger partial charge in [-0.1, -0.05) is 18.2 Å². The van der Waals surface area contributed by atoms with Gasteiger partial charge in [-0.25, -0.2) is 13.1 Å². The van der Waals surface area contributed by atoms with Crippen molar-refractivity contribution in [1.82, 2.24) is 24.0 Å². The maximum absolute atomic E-state index is 12.8. The molecule has 9 heteroatoms.